The fraction of sp³-hybridized carbons (Fsp3) is 0.174. The second kappa shape index (κ2) is 10.4. The van der Waals surface area contributed by atoms with E-state index >= 15 is 0 Å². The van der Waals surface area contributed by atoms with Crippen LogP contribution in [0.5, 0.6) is 11.5 Å². The van der Waals surface area contributed by atoms with Gasteiger partial charge in [0.25, 0.3) is 5.91 Å². The maximum Gasteiger partial charge on any atom is 0.262 e. The maximum atomic E-state index is 12.2. The molecule has 0 bridgehead atoms. The Morgan fingerprint density at radius 3 is 2.33 bits per heavy atom. The highest BCUT2D eigenvalue weighted by Crippen LogP contribution is 2.34. The minimum absolute atomic E-state index is 0.156. The third-order valence-electron chi connectivity index (χ3n) is 4.35. The van der Waals surface area contributed by atoms with Crippen LogP contribution >= 0.6 is 27.5 Å². The Bertz CT molecular complexity index is 1010. The molecule has 3 aromatic carbocycles. The average molecular weight is 490 g/mol. The van der Waals surface area contributed by atoms with Crippen LogP contribution < -0.4 is 20.1 Å². The molecule has 7 heteroatoms. The van der Waals surface area contributed by atoms with E-state index in [4.69, 9.17) is 21.1 Å². The molecule has 5 nitrogen and oxygen atoms in total. The molecule has 156 valence electrons. The van der Waals surface area contributed by atoms with Crippen LogP contribution in [0.2, 0.25) is 5.02 Å². The Hall–Kier alpha value is -2.70. The first-order chi connectivity index (χ1) is 14.4. The fourth-order valence-electron chi connectivity index (χ4n) is 2.73. The number of hydrogen-bond acceptors (Lipinski definition) is 4. The van der Waals surface area contributed by atoms with Crippen LogP contribution in [0.15, 0.2) is 65.1 Å². The van der Waals surface area contributed by atoms with E-state index in [-0.39, 0.29) is 12.5 Å². The summed E-state index contributed by atoms with van der Waals surface area (Å²) in [6.45, 7) is 2.35. The summed E-state index contributed by atoms with van der Waals surface area (Å²) in [5, 5.41) is 6.63. The molecule has 0 radical (unpaired) electrons. The van der Waals surface area contributed by atoms with Crippen molar-refractivity contribution in [2.24, 2.45) is 0 Å². The lowest BCUT2D eigenvalue weighted by Gasteiger charge is -2.15. The molecule has 0 aliphatic rings. The first kappa shape index (κ1) is 22.0. The Morgan fingerprint density at radius 2 is 1.67 bits per heavy atom. The number of rotatable bonds is 8. The van der Waals surface area contributed by atoms with Crippen molar-refractivity contribution in [3.05, 3.63) is 81.3 Å². The molecule has 3 aromatic rings. The topological polar surface area (TPSA) is 59.6 Å². The molecule has 1 amide bonds. The zero-order valence-corrected chi connectivity index (χ0v) is 19.0. The minimum atomic E-state index is -0.266. The number of benzene rings is 3. The van der Waals surface area contributed by atoms with Crippen molar-refractivity contribution in [2.45, 2.75) is 13.5 Å². The molecule has 2 N–H and O–H groups in total. The number of halogens is 2. The van der Waals surface area contributed by atoms with E-state index in [0.717, 1.165) is 21.3 Å². The predicted molar refractivity (Wildman–Crippen MR) is 125 cm³/mol. The van der Waals surface area contributed by atoms with Crippen molar-refractivity contribution in [2.75, 3.05) is 24.4 Å². The summed E-state index contributed by atoms with van der Waals surface area (Å²) in [5.74, 6) is 0.655. The van der Waals surface area contributed by atoms with E-state index in [9.17, 15) is 4.79 Å². The minimum Gasteiger partial charge on any atom is -0.493 e. The van der Waals surface area contributed by atoms with Gasteiger partial charge >= 0.3 is 0 Å². The van der Waals surface area contributed by atoms with Crippen molar-refractivity contribution in [3.63, 3.8) is 0 Å². The van der Waals surface area contributed by atoms with Gasteiger partial charge in [0.2, 0.25) is 0 Å². The van der Waals surface area contributed by atoms with E-state index in [1.807, 2.05) is 55.5 Å². The molecule has 0 aliphatic heterocycles. The maximum absolute atomic E-state index is 12.2. The van der Waals surface area contributed by atoms with Crippen LogP contribution in [0.3, 0.4) is 0 Å². The van der Waals surface area contributed by atoms with E-state index in [0.29, 0.717) is 28.8 Å². The van der Waals surface area contributed by atoms with Gasteiger partial charge in [-0.25, -0.2) is 0 Å². The van der Waals surface area contributed by atoms with E-state index in [2.05, 4.69) is 26.6 Å². The van der Waals surface area contributed by atoms with Crippen LogP contribution in [-0.4, -0.2) is 19.6 Å². The lowest BCUT2D eigenvalue weighted by molar-refractivity contribution is -0.118. The zero-order chi connectivity index (χ0) is 21.5. The summed E-state index contributed by atoms with van der Waals surface area (Å²) >= 11 is 9.84. The van der Waals surface area contributed by atoms with Gasteiger partial charge in [0.15, 0.2) is 18.1 Å². The summed E-state index contributed by atoms with van der Waals surface area (Å²) in [6.07, 6.45) is 0. The van der Waals surface area contributed by atoms with Crippen molar-refractivity contribution in [1.29, 1.82) is 0 Å². The van der Waals surface area contributed by atoms with E-state index < -0.39 is 0 Å². The number of carbonyl (C=O) groups is 1. The Morgan fingerprint density at radius 1 is 1.00 bits per heavy atom. The Balaban J connectivity index is 1.62. The lowest BCUT2D eigenvalue weighted by atomic mass is 10.2. The monoisotopic (exact) mass is 488 g/mol. The largest absolute Gasteiger partial charge is 0.493 e. The Labute approximate surface area is 189 Å². The second-order valence-corrected chi connectivity index (χ2v) is 7.98. The molecule has 3 rings (SSSR count). The smallest absolute Gasteiger partial charge is 0.262 e. The quantitative estimate of drug-likeness (QED) is 0.404. The fourth-order valence-corrected chi connectivity index (χ4v) is 3.21. The first-order valence-electron chi connectivity index (χ1n) is 9.30. The number of carbonyl (C=O) groups excluding carboxylic acids is 1. The van der Waals surface area contributed by atoms with Crippen molar-refractivity contribution < 1.29 is 14.3 Å². The summed E-state index contributed by atoms with van der Waals surface area (Å²) in [6, 6.07) is 18.9. The third-order valence-corrected chi connectivity index (χ3v) is 5.23. The van der Waals surface area contributed by atoms with Crippen LogP contribution in [0, 0.1) is 6.92 Å². The molecule has 0 saturated carbocycles. The van der Waals surface area contributed by atoms with Gasteiger partial charge in [-0.15, -0.1) is 0 Å². The predicted octanol–water partition coefficient (Wildman–Crippen LogP) is 6.05. The molecule has 0 heterocycles. The average Bonchev–Trinajstić information content (AvgIpc) is 2.74. The summed E-state index contributed by atoms with van der Waals surface area (Å²) in [7, 11) is 1.55. The van der Waals surface area contributed by atoms with Crippen molar-refractivity contribution in [3.8, 4) is 11.5 Å². The molecule has 0 unspecified atom stereocenters. The van der Waals surface area contributed by atoms with Crippen LogP contribution in [0.4, 0.5) is 11.4 Å². The molecule has 0 fully saturated rings. The van der Waals surface area contributed by atoms with Gasteiger partial charge in [0.1, 0.15) is 0 Å². The normalized spacial score (nSPS) is 10.4. The van der Waals surface area contributed by atoms with Gasteiger partial charge in [-0.1, -0.05) is 45.2 Å². The van der Waals surface area contributed by atoms with Crippen LogP contribution in [0.1, 0.15) is 11.1 Å². The van der Waals surface area contributed by atoms with Crippen LogP contribution in [-0.2, 0) is 11.3 Å². The third kappa shape index (κ3) is 6.15. The van der Waals surface area contributed by atoms with E-state index in [1.54, 1.807) is 19.2 Å². The SMILES string of the molecule is COc1cc(CNc2ccc(Br)cc2)c(Cl)cc1OCC(=O)Nc1ccc(C)cc1. The number of anilines is 2. The molecule has 0 saturated heterocycles. The van der Waals surface area contributed by atoms with Crippen molar-refractivity contribution >= 4 is 44.8 Å². The zero-order valence-electron chi connectivity index (χ0n) is 16.7. The molecular weight excluding hydrogens is 468 g/mol. The second-order valence-electron chi connectivity index (χ2n) is 6.66. The van der Waals surface area contributed by atoms with Gasteiger partial charge in [0, 0.05) is 33.5 Å². The highest BCUT2D eigenvalue weighted by molar-refractivity contribution is 9.10. The molecule has 0 spiro atoms. The number of nitrogens with one attached hydrogen (secondary N) is 2. The highest BCUT2D eigenvalue weighted by atomic mass is 79.9. The molecule has 0 aromatic heterocycles. The number of amides is 1. The summed E-state index contributed by atoms with van der Waals surface area (Å²) in [4.78, 5) is 12.2. The van der Waals surface area contributed by atoms with E-state index in [1.165, 1.54) is 0 Å². The van der Waals surface area contributed by atoms with Gasteiger partial charge in [-0.05, 0) is 55.0 Å². The van der Waals surface area contributed by atoms with Gasteiger partial charge in [-0.3, -0.25) is 4.79 Å². The first-order valence-corrected chi connectivity index (χ1v) is 10.5. The number of aryl methyl sites for hydroxylation is 1. The number of hydrogen-bond donors (Lipinski definition) is 2. The van der Waals surface area contributed by atoms with Gasteiger partial charge in [-0.2, -0.15) is 0 Å². The highest BCUT2D eigenvalue weighted by Gasteiger charge is 2.13. The molecular formula is C23H22BrClN2O3. The Kier molecular flexibility index (Phi) is 7.60. The summed E-state index contributed by atoms with van der Waals surface area (Å²) < 4.78 is 12.1. The number of ether oxygens (including phenoxy) is 2. The van der Waals surface area contributed by atoms with Crippen LogP contribution in [0.25, 0.3) is 0 Å². The number of methoxy groups -OCH3 is 1. The molecule has 30 heavy (non-hydrogen) atoms. The molecule has 0 atom stereocenters. The lowest BCUT2D eigenvalue weighted by Crippen LogP contribution is -2.20. The standard InChI is InChI=1S/C23H22BrClN2O3/c1-15-3-7-19(8-4-15)27-23(28)14-30-22-12-20(25)16(11-21(22)29-2)13-26-18-9-5-17(24)6-10-18/h3-12,26H,13-14H2,1-2H3,(H,27,28). The van der Waals surface area contributed by atoms with Crippen molar-refractivity contribution in [1.82, 2.24) is 0 Å². The van der Waals surface area contributed by atoms with Gasteiger partial charge in [0.05, 0.1) is 7.11 Å². The molecule has 0 aliphatic carbocycles. The van der Waals surface area contributed by atoms with Gasteiger partial charge < -0.3 is 20.1 Å². The summed E-state index contributed by atoms with van der Waals surface area (Å²) in [5.41, 5.74) is 3.67.